The number of aliphatic hydroxyl groups excluding tert-OH is 1. The third kappa shape index (κ3) is 5.80. The van der Waals surface area contributed by atoms with Crippen molar-refractivity contribution in [1.82, 2.24) is 0 Å². The fourth-order valence-electron chi connectivity index (χ4n) is 1.39. The summed E-state index contributed by atoms with van der Waals surface area (Å²) >= 11 is 0. The zero-order valence-electron chi connectivity index (χ0n) is 9.10. The van der Waals surface area contributed by atoms with Crippen LogP contribution in [-0.4, -0.2) is 11.2 Å². The molecule has 0 amide bonds. The van der Waals surface area contributed by atoms with Crippen LogP contribution in [0, 0.1) is 19.8 Å². The Morgan fingerprint density at radius 1 is 1.20 bits per heavy atom. The summed E-state index contributed by atoms with van der Waals surface area (Å²) in [5.41, 5.74) is 1.27. The van der Waals surface area contributed by atoms with Crippen LogP contribution >= 0.6 is 0 Å². The molecule has 0 saturated carbocycles. The summed E-state index contributed by atoms with van der Waals surface area (Å²) in [4.78, 5) is 0. The quantitative estimate of drug-likeness (QED) is 0.822. The molecule has 0 fully saturated rings. The molecule has 1 radical (unpaired) electrons. The van der Waals surface area contributed by atoms with Gasteiger partial charge in [0.05, 0.1) is 0 Å². The van der Waals surface area contributed by atoms with E-state index in [2.05, 4.69) is 26.0 Å². The zero-order valence-corrected chi connectivity index (χ0v) is 11.9. The first kappa shape index (κ1) is 15.3. The van der Waals surface area contributed by atoms with Crippen LogP contribution in [0.3, 0.4) is 0 Å². The van der Waals surface area contributed by atoms with Gasteiger partial charge in [0.1, 0.15) is 0 Å². The number of rotatable bonds is 5. The largest absolute Gasteiger partial charge is 0.396 e. The minimum Gasteiger partial charge on any atom is -0.396 e. The molecule has 2 heteroatoms. The molecule has 15 heavy (non-hydrogen) atoms. The molecule has 0 aliphatic carbocycles. The molecule has 2 atom stereocenters. The van der Waals surface area contributed by atoms with E-state index < -0.39 is 0 Å². The molecule has 0 aliphatic rings. The third-order valence-electron chi connectivity index (χ3n) is 2.49. The van der Waals surface area contributed by atoms with Crippen molar-refractivity contribution in [2.45, 2.75) is 25.4 Å². The molecule has 0 spiro atoms. The van der Waals surface area contributed by atoms with Crippen molar-refractivity contribution in [2.75, 3.05) is 0 Å². The van der Waals surface area contributed by atoms with E-state index in [4.69, 9.17) is 0 Å². The summed E-state index contributed by atoms with van der Waals surface area (Å²) in [5.74, 6) is 0.0544. The van der Waals surface area contributed by atoms with Gasteiger partial charge in [-0.25, -0.2) is 6.42 Å². The molecule has 0 bridgehead atoms. The van der Waals surface area contributed by atoms with Crippen molar-refractivity contribution < 1.29 is 37.8 Å². The number of aryl methyl sites for hydroxylation is 1. The maximum Gasteiger partial charge on any atom is 0.0276 e. The van der Waals surface area contributed by atoms with Crippen LogP contribution in [0.2, 0.25) is 0 Å². The molecule has 81 valence electrons. The number of hydrogen-bond acceptors (Lipinski definition) is 1. The van der Waals surface area contributed by atoms with Gasteiger partial charge in [-0.3, -0.25) is 0 Å². The van der Waals surface area contributed by atoms with Gasteiger partial charge in [-0.1, -0.05) is 30.3 Å². The molecule has 0 aromatic heterocycles. The Morgan fingerprint density at radius 2 is 1.80 bits per heavy atom. The van der Waals surface area contributed by atoms with Crippen molar-refractivity contribution in [2.24, 2.45) is 5.92 Å². The van der Waals surface area contributed by atoms with E-state index in [9.17, 15) is 5.11 Å². The van der Waals surface area contributed by atoms with Crippen LogP contribution in [0.25, 0.3) is 0 Å². The van der Waals surface area contributed by atoms with Crippen LogP contribution in [-0.2, 0) is 39.1 Å². The van der Waals surface area contributed by atoms with Gasteiger partial charge in [-0.15, -0.1) is 0 Å². The first-order valence-corrected chi connectivity index (χ1v) is 5.08. The van der Waals surface area contributed by atoms with Gasteiger partial charge in [0.2, 0.25) is 0 Å². The molecular weight excluding hydrogens is 261 g/mol. The van der Waals surface area contributed by atoms with E-state index in [0.717, 1.165) is 12.8 Å². The predicted octanol–water partition coefficient (Wildman–Crippen LogP) is 2.65. The molecule has 0 heterocycles. The van der Waals surface area contributed by atoms with Crippen molar-refractivity contribution >= 4 is 0 Å². The summed E-state index contributed by atoms with van der Waals surface area (Å²) in [6, 6.07) is 10.2. The average molecular weight is 279 g/mol. The van der Waals surface area contributed by atoms with Gasteiger partial charge in [0.25, 0.3) is 0 Å². The Morgan fingerprint density at radius 3 is 2.33 bits per heavy atom. The van der Waals surface area contributed by atoms with Gasteiger partial charge in [0, 0.05) is 38.8 Å². The molecule has 1 N–H and O–H groups in total. The topological polar surface area (TPSA) is 20.2 Å². The first-order chi connectivity index (χ1) is 6.74. The molecule has 1 rings (SSSR count). The summed E-state index contributed by atoms with van der Waals surface area (Å²) in [5, 5.41) is 9.68. The SMILES string of the molecule is [CH2-]CC([CH2-])C(O)CCc1ccccc1.[Y]. The molecule has 0 aliphatic heterocycles. The Balaban J connectivity index is 0.00000196. The molecule has 0 saturated heterocycles. The second kappa shape index (κ2) is 8.44. The summed E-state index contributed by atoms with van der Waals surface area (Å²) in [6.45, 7) is 7.60. The molecule has 1 nitrogen and oxygen atoms in total. The second-order valence-electron chi connectivity index (χ2n) is 3.64. The Kier molecular flexibility index (Phi) is 8.60. The van der Waals surface area contributed by atoms with E-state index in [-0.39, 0.29) is 44.7 Å². The Bertz CT molecular complexity index is 248. The van der Waals surface area contributed by atoms with Crippen LogP contribution in [0.5, 0.6) is 0 Å². The number of aliphatic hydroxyl groups is 1. The molecule has 2 unspecified atom stereocenters. The summed E-state index contributed by atoms with van der Waals surface area (Å²) in [6.07, 6.45) is 2.05. The fourth-order valence-corrected chi connectivity index (χ4v) is 1.39. The Labute approximate surface area is 118 Å². The monoisotopic (exact) mass is 279 g/mol. The Hall–Kier alpha value is 0.284. The van der Waals surface area contributed by atoms with Gasteiger partial charge >= 0.3 is 0 Å². The van der Waals surface area contributed by atoms with Crippen molar-refractivity contribution in [3.63, 3.8) is 0 Å². The number of hydrogen-bond donors (Lipinski definition) is 1. The van der Waals surface area contributed by atoms with E-state index in [1.807, 2.05) is 18.2 Å². The summed E-state index contributed by atoms with van der Waals surface area (Å²) in [7, 11) is 0. The van der Waals surface area contributed by atoms with Crippen LogP contribution in [0.4, 0.5) is 0 Å². The van der Waals surface area contributed by atoms with Crippen molar-refractivity contribution in [1.29, 1.82) is 0 Å². The van der Waals surface area contributed by atoms with E-state index in [1.54, 1.807) is 0 Å². The first-order valence-electron chi connectivity index (χ1n) is 5.08. The smallest absolute Gasteiger partial charge is 0.0276 e. The van der Waals surface area contributed by atoms with Crippen molar-refractivity contribution in [3.8, 4) is 0 Å². The molecule has 1 aromatic carbocycles. The molecule has 1 aromatic rings. The van der Waals surface area contributed by atoms with Crippen LogP contribution < -0.4 is 0 Å². The van der Waals surface area contributed by atoms with E-state index in [1.165, 1.54) is 5.56 Å². The maximum absolute atomic E-state index is 9.68. The fraction of sp³-hybridized carbons (Fsp3) is 0.385. The zero-order chi connectivity index (χ0) is 10.4. The predicted molar refractivity (Wildman–Crippen MR) is 59.6 cm³/mol. The maximum atomic E-state index is 9.68. The standard InChI is InChI=1S/C13H18O.Y/c1-3-11(2)13(14)10-9-12-7-5-4-6-8-12;/h4-8,11,13-14H,1-3,9-10H2;/q-2;. The third-order valence-corrected chi connectivity index (χ3v) is 2.49. The van der Waals surface area contributed by atoms with Crippen LogP contribution in [0.15, 0.2) is 30.3 Å². The minimum atomic E-state index is -0.326. The van der Waals surface area contributed by atoms with Crippen molar-refractivity contribution in [3.05, 3.63) is 49.7 Å². The normalized spacial score (nSPS) is 14.1. The van der Waals surface area contributed by atoms with Crippen LogP contribution in [0.1, 0.15) is 18.4 Å². The van der Waals surface area contributed by atoms with Gasteiger partial charge in [-0.05, 0) is 18.4 Å². The van der Waals surface area contributed by atoms with Gasteiger partial charge in [-0.2, -0.15) is 5.92 Å². The van der Waals surface area contributed by atoms with E-state index in [0.29, 0.717) is 6.42 Å². The average Bonchev–Trinajstić information content (AvgIpc) is 2.26. The molecular formula is C13H18OY-2. The van der Waals surface area contributed by atoms with E-state index >= 15 is 0 Å². The second-order valence-corrected chi connectivity index (χ2v) is 3.64. The minimum absolute atomic E-state index is 0. The van der Waals surface area contributed by atoms with Gasteiger partial charge < -0.3 is 19.0 Å². The summed E-state index contributed by atoms with van der Waals surface area (Å²) < 4.78 is 0. The number of benzene rings is 1. The van der Waals surface area contributed by atoms with Gasteiger partial charge in [0.15, 0.2) is 0 Å².